The number of piperidine rings is 1. The van der Waals surface area contributed by atoms with E-state index in [0.717, 1.165) is 51.4 Å². The summed E-state index contributed by atoms with van der Waals surface area (Å²) in [6, 6.07) is 1.09. The number of hydrogen-bond acceptors (Lipinski definition) is 4. The monoisotopic (exact) mass is 383 g/mol. The van der Waals surface area contributed by atoms with Gasteiger partial charge in [-0.05, 0) is 50.9 Å². The molecular formula is C19H33N3O3S. The van der Waals surface area contributed by atoms with E-state index in [2.05, 4.69) is 16.7 Å². The number of amides is 1. The van der Waals surface area contributed by atoms with Crippen molar-refractivity contribution in [3.63, 3.8) is 0 Å². The molecule has 2 aliphatic carbocycles. The SMILES string of the molecule is C[C@@H]1CN(C2CCC2)CCN1C(=O)C1CC2(CCN(S(C)(=O)=O)CC2)C1. The van der Waals surface area contributed by atoms with Gasteiger partial charge in [0.05, 0.1) is 6.26 Å². The summed E-state index contributed by atoms with van der Waals surface area (Å²) in [7, 11) is -3.07. The summed E-state index contributed by atoms with van der Waals surface area (Å²) < 4.78 is 25.0. The van der Waals surface area contributed by atoms with Crippen LogP contribution in [-0.4, -0.2) is 79.5 Å². The van der Waals surface area contributed by atoms with Gasteiger partial charge in [-0.2, -0.15) is 0 Å². The van der Waals surface area contributed by atoms with Crippen molar-refractivity contribution in [2.45, 2.75) is 64.0 Å². The molecule has 4 rings (SSSR count). The largest absolute Gasteiger partial charge is 0.337 e. The highest BCUT2D eigenvalue weighted by atomic mass is 32.2. The van der Waals surface area contributed by atoms with Gasteiger partial charge in [-0.3, -0.25) is 9.69 Å². The summed E-state index contributed by atoms with van der Waals surface area (Å²) >= 11 is 0. The van der Waals surface area contributed by atoms with Gasteiger partial charge in [-0.25, -0.2) is 12.7 Å². The molecule has 0 aromatic rings. The fraction of sp³-hybridized carbons (Fsp3) is 0.947. The van der Waals surface area contributed by atoms with E-state index in [1.54, 1.807) is 4.31 Å². The van der Waals surface area contributed by atoms with Crippen LogP contribution in [0.3, 0.4) is 0 Å². The van der Waals surface area contributed by atoms with E-state index < -0.39 is 10.0 Å². The molecule has 0 N–H and O–H groups in total. The van der Waals surface area contributed by atoms with Gasteiger partial charge in [-0.1, -0.05) is 6.42 Å². The van der Waals surface area contributed by atoms with E-state index in [1.165, 1.54) is 25.5 Å². The first-order valence-corrected chi connectivity index (χ1v) is 12.1. The van der Waals surface area contributed by atoms with Crippen LogP contribution in [0.2, 0.25) is 0 Å². The van der Waals surface area contributed by atoms with Crippen molar-refractivity contribution < 1.29 is 13.2 Å². The Kier molecular flexibility index (Phi) is 4.85. The van der Waals surface area contributed by atoms with Crippen LogP contribution in [0.25, 0.3) is 0 Å². The molecule has 1 spiro atoms. The number of carbonyl (C=O) groups excluding carboxylic acids is 1. The Bertz CT molecular complexity index is 645. The summed E-state index contributed by atoms with van der Waals surface area (Å²) in [6.45, 7) is 6.37. The zero-order valence-corrected chi connectivity index (χ0v) is 17.0. The van der Waals surface area contributed by atoms with Gasteiger partial charge in [0.25, 0.3) is 0 Å². The Morgan fingerprint density at radius 3 is 2.19 bits per heavy atom. The minimum absolute atomic E-state index is 0.164. The number of nitrogens with zero attached hydrogens (tertiary/aromatic N) is 3. The fourth-order valence-electron chi connectivity index (χ4n) is 5.49. The highest BCUT2D eigenvalue weighted by Gasteiger charge is 2.50. The van der Waals surface area contributed by atoms with Crippen LogP contribution in [0.5, 0.6) is 0 Å². The first kappa shape index (κ1) is 18.7. The average molecular weight is 384 g/mol. The summed E-state index contributed by atoms with van der Waals surface area (Å²) in [6.07, 6.45) is 9.05. The zero-order chi connectivity index (χ0) is 18.5. The predicted octanol–water partition coefficient (Wildman–Crippen LogP) is 1.52. The lowest BCUT2D eigenvalue weighted by atomic mass is 9.57. The Morgan fingerprint density at radius 2 is 1.69 bits per heavy atom. The van der Waals surface area contributed by atoms with Crippen molar-refractivity contribution in [1.29, 1.82) is 0 Å². The molecule has 0 aromatic heterocycles. The van der Waals surface area contributed by atoms with Crippen molar-refractivity contribution in [3.05, 3.63) is 0 Å². The van der Waals surface area contributed by atoms with E-state index in [4.69, 9.17) is 0 Å². The lowest BCUT2D eigenvalue weighted by molar-refractivity contribution is -0.150. The van der Waals surface area contributed by atoms with Crippen molar-refractivity contribution >= 4 is 15.9 Å². The summed E-state index contributed by atoms with van der Waals surface area (Å²) in [4.78, 5) is 17.7. The highest BCUT2D eigenvalue weighted by molar-refractivity contribution is 7.88. The van der Waals surface area contributed by atoms with Gasteiger partial charge in [0, 0.05) is 50.7 Å². The van der Waals surface area contributed by atoms with Gasteiger partial charge in [0.2, 0.25) is 15.9 Å². The second-order valence-electron chi connectivity index (χ2n) is 9.23. The van der Waals surface area contributed by atoms with Gasteiger partial charge >= 0.3 is 0 Å². The van der Waals surface area contributed by atoms with Crippen LogP contribution < -0.4 is 0 Å². The highest BCUT2D eigenvalue weighted by Crippen LogP contribution is 2.53. The molecule has 6 nitrogen and oxygen atoms in total. The van der Waals surface area contributed by atoms with Gasteiger partial charge in [-0.15, -0.1) is 0 Å². The van der Waals surface area contributed by atoms with Gasteiger partial charge < -0.3 is 4.90 Å². The van der Waals surface area contributed by atoms with Crippen LogP contribution in [0.1, 0.15) is 51.9 Å². The summed E-state index contributed by atoms with van der Waals surface area (Å²) in [5, 5.41) is 0. The third-order valence-electron chi connectivity index (χ3n) is 7.49. The van der Waals surface area contributed by atoms with Crippen molar-refractivity contribution in [2.75, 3.05) is 39.0 Å². The van der Waals surface area contributed by atoms with Crippen LogP contribution in [-0.2, 0) is 14.8 Å². The average Bonchev–Trinajstić information content (AvgIpc) is 2.50. The third kappa shape index (κ3) is 3.42. The number of rotatable bonds is 3. The minimum atomic E-state index is -3.07. The number of carbonyl (C=O) groups is 1. The lowest BCUT2D eigenvalue weighted by Crippen LogP contribution is -2.60. The smallest absolute Gasteiger partial charge is 0.226 e. The molecule has 0 bridgehead atoms. The summed E-state index contributed by atoms with van der Waals surface area (Å²) in [5.74, 6) is 0.513. The Morgan fingerprint density at radius 1 is 1.04 bits per heavy atom. The maximum absolute atomic E-state index is 13.0. The third-order valence-corrected chi connectivity index (χ3v) is 8.80. The first-order valence-electron chi connectivity index (χ1n) is 10.3. The van der Waals surface area contributed by atoms with E-state index in [9.17, 15) is 13.2 Å². The van der Waals surface area contributed by atoms with Crippen LogP contribution in [0.4, 0.5) is 0 Å². The molecule has 7 heteroatoms. The predicted molar refractivity (Wildman–Crippen MR) is 101 cm³/mol. The molecular weight excluding hydrogens is 350 g/mol. The number of piperazine rings is 1. The van der Waals surface area contributed by atoms with E-state index in [-0.39, 0.29) is 11.3 Å². The molecule has 2 aliphatic heterocycles. The van der Waals surface area contributed by atoms with Crippen molar-refractivity contribution in [2.24, 2.45) is 11.3 Å². The van der Waals surface area contributed by atoms with E-state index in [1.807, 2.05) is 0 Å². The molecule has 4 fully saturated rings. The normalized spacial score (nSPS) is 31.6. The second kappa shape index (κ2) is 6.74. The maximum atomic E-state index is 13.0. The number of sulfonamides is 1. The second-order valence-corrected chi connectivity index (χ2v) is 11.2. The molecule has 26 heavy (non-hydrogen) atoms. The molecule has 0 radical (unpaired) electrons. The van der Waals surface area contributed by atoms with Crippen molar-refractivity contribution in [3.8, 4) is 0 Å². The number of hydrogen-bond donors (Lipinski definition) is 0. The van der Waals surface area contributed by atoms with E-state index >= 15 is 0 Å². The topological polar surface area (TPSA) is 60.9 Å². The molecule has 148 valence electrons. The van der Waals surface area contributed by atoms with Crippen LogP contribution in [0, 0.1) is 11.3 Å². The van der Waals surface area contributed by atoms with Crippen molar-refractivity contribution in [1.82, 2.24) is 14.1 Å². The Labute approximate surface area is 157 Å². The molecule has 2 saturated heterocycles. The summed E-state index contributed by atoms with van der Waals surface area (Å²) in [5.41, 5.74) is 0.221. The zero-order valence-electron chi connectivity index (χ0n) is 16.2. The maximum Gasteiger partial charge on any atom is 0.226 e. The van der Waals surface area contributed by atoms with E-state index in [0.29, 0.717) is 25.0 Å². The lowest BCUT2D eigenvalue weighted by Gasteiger charge is -2.53. The Balaban J connectivity index is 1.27. The molecule has 1 amide bonds. The van der Waals surface area contributed by atoms with Gasteiger partial charge in [0.1, 0.15) is 0 Å². The first-order chi connectivity index (χ1) is 12.3. The fourth-order valence-corrected chi connectivity index (χ4v) is 6.34. The molecule has 2 heterocycles. The molecule has 1 atom stereocenters. The molecule has 0 unspecified atom stereocenters. The Hall–Kier alpha value is -0.660. The van der Waals surface area contributed by atoms with Gasteiger partial charge in [0.15, 0.2) is 0 Å². The molecule has 2 saturated carbocycles. The standard InChI is InChI=1S/C19H33N3O3S/c1-15-14-20(17-4-3-5-17)10-11-22(15)18(23)16-12-19(13-16)6-8-21(9-7-19)26(2,24)25/h15-17H,3-14H2,1-2H3/t15-/m1/s1. The molecule has 4 aliphatic rings. The minimum Gasteiger partial charge on any atom is -0.337 e. The van der Waals surface area contributed by atoms with Crippen LogP contribution >= 0.6 is 0 Å². The quantitative estimate of drug-likeness (QED) is 0.741. The molecule has 0 aromatic carbocycles. The van der Waals surface area contributed by atoms with Crippen LogP contribution in [0.15, 0.2) is 0 Å².